The number of thiocarbonyl (C=S) groups is 1. The Morgan fingerprint density at radius 2 is 2.24 bits per heavy atom. The van der Waals surface area contributed by atoms with Crippen LogP contribution in [0.15, 0.2) is 23.4 Å². The number of hydrogen-bond donors (Lipinski definition) is 1. The molecule has 0 aliphatic carbocycles. The Morgan fingerprint density at radius 3 is 2.88 bits per heavy atom. The highest BCUT2D eigenvalue weighted by atomic mass is 32.1. The molecular weight excluding hydrogens is 234 g/mol. The fourth-order valence-electron chi connectivity index (χ4n) is 1.67. The lowest BCUT2D eigenvalue weighted by molar-refractivity contribution is 0.509. The molecule has 0 aromatic carbocycles. The van der Waals surface area contributed by atoms with E-state index in [1.165, 1.54) is 12.8 Å². The van der Waals surface area contributed by atoms with E-state index in [9.17, 15) is 0 Å². The molecule has 0 bridgehead atoms. The van der Waals surface area contributed by atoms with Crippen LogP contribution in [-0.4, -0.2) is 39.0 Å². The third kappa shape index (κ3) is 3.20. The van der Waals surface area contributed by atoms with Gasteiger partial charge in [0.2, 0.25) is 0 Å². The van der Waals surface area contributed by atoms with Crippen molar-refractivity contribution in [2.45, 2.75) is 19.8 Å². The Balaban J connectivity index is 1.94. The summed E-state index contributed by atoms with van der Waals surface area (Å²) in [6.45, 7) is 3.92. The van der Waals surface area contributed by atoms with Crippen molar-refractivity contribution in [1.82, 2.24) is 20.5 Å². The van der Waals surface area contributed by atoms with Crippen LogP contribution in [0, 0.1) is 0 Å². The van der Waals surface area contributed by atoms with Gasteiger partial charge in [-0.15, -0.1) is 5.10 Å². The minimum Gasteiger partial charge on any atom is -0.348 e. The number of nitrogens with one attached hydrogen (secondary N) is 1. The predicted octanol–water partition coefficient (Wildman–Crippen LogP) is 1.17. The van der Waals surface area contributed by atoms with Gasteiger partial charge in [0.15, 0.2) is 5.11 Å². The lowest BCUT2D eigenvalue weighted by Gasteiger charge is -2.17. The molecule has 0 amide bonds. The first-order valence-corrected chi connectivity index (χ1v) is 6.05. The van der Waals surface area contributed by atoms with E-state index in [1.54, 1.807) is 6.20 Å². The van der Waals surface area contributed by atoms with Crippen molar-refractivity contribution in [2.24, 2.45) is 5.10 Å². The molecule has 0 saturated carbocycles. The van der Waals surface area contributed by atoms with Crippen LogP contribution in [0.5, 0.6) is 0 Å². The first-order chi connectivity index (χ1) is 8.27. The van der Waals surface area contributed by atoms with Crippen molar-refractivity contribution in [1.29, 1.82) is 0 Å². The van der Waals surface area contributed by atoms with Crippen molar-refractivity contribution in [3.63, 3.8) is 0 Å². The van der Waals surface area contributed by atoms with Gasteiger partial charge in [0.05, 0.1) is 5.71 Å². The molecule has 6 heteroatoms. The number of hydrogen-bond acceptors (Lipinski definition) is 4. The number of hydrazone groups is 1. The van der Waals surface area contributed by atoms with E-state index in [0.717, 1.165) is 24.5 Å². The Labute approximate surface area is 106 Å². The summed E-state index contributed by atoms with van der Waals surface area (Å²) in [6.07, 6.45) is 4.04. The third-order valence-corrected chi connectivity index (χ3v) is 3.00. The molecule has 0 unspecified atom stereocenters. The van der Waals surface area contributed by atoms with Crippen LogP contribution in [0.2, 0.25) is 0 Å². The van der Waals surface area contributed by atoms with Gasteiger partial charge in [-0.1, -0.05) is 0 Å². The Kier molecular flexibility index (Phi) is 3.98. The predicted molar refractivity (Wildman–Crippen MR) is 70.8 cm³/mol. The molecule has 1 aromatic rings. The molecule has 1 N–H and O–H groups in total. The highest BCUT2D eigenvalue weighted by molar-refractivity contribution is 7.80. The average Bonchev–Trinajstić information content (AvgIpc) is 2.90. The maximum Gasteiger partial charge on any atom is 0.189 e. The summed E-state index contributed by atoms with van der Waals surface area (Å²) < 4.78 is 0. The highest BCUT2D eigenvalue weighted by Crippen LogP contribution is 2.07. The van der Waals surface area contributed by atoms with E-state index in [0.29, 0.717) is 5.11 Å². The Morgan fingerprint density at radius 1 is 1.47 bits per heavy atom. The van der Waals surface area contributed by atoms with E-state index >= 15 is 0 Å². The zero-order valence-corrected chi connectivity index (χ0v) is 10.6. The quantitative estimate of drug-likeness (QED) is 0.484. The largest absolute Gasteiger partial charge is 0.348 e. The number of likely N-dealkylation sites (tertiary alicyclic amines) is 1. The fraction of sp³-hybridized carbons (Fsp3) is 0.455. The summed E-state index contributed by atoms with van der Waals surface area (Å²) in [5, 5.41) is 12.7. The maximum absolute atomic E-state index is 5.25. The molecular formula is C11H15N5S. The molecule has 5 nitrogen and oxygen atoms in total. The molecule has 0 radical (unpaired) electrons. The van der Waals surface area contributed by atoms with Crippen LogP contribution in [0.4, 0.5) is 0 Å². The van der Waals surface area contributed by atoms with Crippen LogP contribution in [0.25, 0.3) is 0 Å². The van der Waals surface area contributed by atoms with Crippen molar-refractivity contribution in [3.8, 4) is 0 Å². The van der Waals surface area contributed by atoms with Gasteiger partial charge in [-0.2, -0.15) is 10.2 Å². The van der Waals surface area contributed by atoms with Gasteiger partial charge in [-0.3, -0.25) is 5.43 Å². The van der Waals surface area contributed by atoms with Gasteiger partial charge in [0.25, 0.3) is 0 Å². The fourth-order valence-corrected chi connectivity index (χ4v) is 1.90. The van der Waals surface area contributed by atoms with Crippen molar-refractivity contribution < 1.29 is 0 Å². The summed E-state index contributed by atoms with van der Waals surface area (Å²) >= 11 is 5.25. The van der Waals surface area contributed by atoms with Crippen LogP contribution >= 0.6 is 12.2 Å². The number of nitrogens with zero attached hydrogens (tertiary/aromatic N) is 4. The van der Waals surface area contributed by atoms with Gasteiger partial charge < -0.3 is 4.90 Å². The molecule has 90 valence electrons. The van der Waals surface area contributed by atoms with Crippen LogP contribution < -0.4 is 5.43 Å². The zero-order valence-electron chi connectivity index (χ0n) is 9.76. The first-order valence-electron chi connectivity index (χ1n) is 5.64. The molecule has 0 atom stereocenters. The average molecular weight is 249 g/mol. The molecule has 1 aliphatic rings. The third-order valence-electron chi connectivity index (χ3n) is 2.66. The van der Waals surface area contributed by atoms with Gasteiger partial charge in [-0.05, 0) is 44.1 Å². The monoisotopic (exact) mass is 249 g/mol. The maximum atomic E-state index is 5.25. The van der Waals surface area contributed by atoms with Gasteiger partial charge in [0.1, 0.15) is 5.69 Å². The molecule has 2 rings (SSSR count). The minimum atomic E-state index is 0.686. The zero-order chi connectivity index (χ0) is 12.1. The second kappa shape index (κ2) is 5.67. The topological polar surface area (TPSA) is 53.4 Å². The summed E-state index contributed by atoms with van der Waals surface area (Å²) in [5.74, 6) is 0. The standard InChI is InChI=1S/C11H15N5S/c1-9(10-5-4-6-12-14-10)13-15-11(17)16-7-2-3-8-16/h4-6H,2-3,7-8H2,1H3,(H,15,17)/b13-9+. The molecule has 0 spiro atoms. The second-order valence-corrected chi connectivity index (χ2v) is 4.30. The van der Waals surface area contributed by atoms with Crippen molar-refractivity contribution >= 4 is 23.0 Å². The van der Waals surface area contributed by atoms with E-state index in [-0.39, 0.29) is 0 Å². The first kappa shape index (κ1) is 11.9. The summed E-state index contributed by atoms with van der Waals surface area (Å²) in [6, 6.07) is 3.70. The highest BCUT2D eigenvalue weighted by Gasteiger charge is 2.14. The summed E-state index contributed by atoms with van der Waals surface area (Å²) in [5.41, 5.74) is 4.43. The molecule has 1 saturated heterocycles. The van der Waals surface area contributed by atoms with E-state index in [2.05, 4.69) is 25.6 Å². The van der Waals surface area contributed by atoms with Crippen LogP contribution in [0.3, 0.4) is 0 Å². The Bertz CT molecular complexity index is 411. The SMILES string of the molecule is C/C(=N\NC(=S)N1CCCC1)c1cccnn1. The van der Waals surface area contributed by atoms with Gasteiger partial charge in [0, 0.05) is 19.3 Å². The van der Waals surface area contributed by atoms with Crippen LogP contribution in [-0.2, 0) is 0 Å². The number of rotatable bonds is 2. The Hall–Kier alpha value is -1.56. The van der Waals surface area contributed by atoms with E-state index < -0.39 is 0 Å². The molecule has 1 aromatic heterocycles. The minimum absolute atomic E-state index is 0.686. The normalized spacial score (nSPS) is 16.1. The van der Waals surface area contributed by atoms with Gasteiger partial charge in [-0.25, -0.2) is 0 Å². The smallest absolute Gasteiger partial charge is 0.189 e. The van der Waals surface area contributed by atoms with E-state index in [1.807, 2.05) is 19.1 Å². The molecule has 1 aliphatic heterocycles. The van der Waals surface area contributed by atoms with Crippen molar-refractivity contribution in [3.05, 3.63) is 24.0 Å². The van der Waals surface area contributed by atoms with E-state index in [4.69, 9.17) is 12.2 Å². The summed E-state index contributed by atoms with van der Waals surface area (Å²) in [4.78, 5) is 2.13. The molecule has 17 heavy (non-hydrogen) atoms. The molecule has 1 fully saturated rings. The lowest BCUT2D eigenvalue weighted by atomic mass is 10.3. The second-order valence-electron chi connectivity index (χ2n) is 3.92. The van der Waals surface area contributed by atoms with Crippen LogP contribution in [0.1, 0.15) is 25.5 Å². The van der Waals surface area contributed by atoms with Crippen molar-refractivity contribution in [2.75, 3.05) is 13.1 Å². The van der Waals surface area contributed by atoms with Gasteiger partial charge >= 0.3 is 0 Å². The molecule has 2 heterocycles. The summed E-state index contributed by atoms with van der Waals surface area (Å²) in [7, 11) is 0. The lowest BCUT2D eigenvalue weighted by Crippen LogP contribution is -2.35. The number of aromatic nitrogens is 2.